The summed E-state index contributed by atoms with van der Waals surface area (Å²) in [6.07, 6.45) is 5.83. The van der Waals surface area contributed by atoms with Gasteiger partial charge >= 0.3 is 0 Å². The van der Waals surface area contributed by atoms with Gasteiger partial charge in [-0.2, -0.15) is 0 Å². The Bertz CT molecular complexity index is 176. The first kappa shape index (κ1) is 12.5. The zero-order chi connectivity index (χ0) is 10.5. The second kappa shape index (κ2) is 5.26. The van der Waals surface area contributed by atoms with Crippen LogP contribution >= 0.6 is 0 Å². The van der Waals surface area contributed by atoms with Crippen molar-refractivity contribution in [3.8, 4) is 12.3 Å². The van der Waals surface area contributed by atoms with Crippen LogP contribution in [0.15, 0.2) is 0 Å². The van der Waals surface area contributed by atoms with Gasteiger partial charge in [0.05, 0.1) is 6.10 Å². The van der Waals surface area contributed by atoms with E-state index < -0.39 is 0 Å². The maximum absolute atomic E-state index is 5.93. The molecule has 2 heteroatoms. The van der Waals surface area contributed by atoms with Crippen molar-refractivity contribution in [3.63, 3.8) is 0 Å². The largest absolute Gasteiger partial charge is 0.376 e. The molecule has 2 N–H and O–H groups in total. The molecule has 0 heterocycles. The molecule has 0 saturated carbocycles. The number of ether oxygens (including phenoxy) is 1. The maximum Gasteiger partial charge on any atom is 0.0783 e. The first-order chi connectivity index (χ1) is 5.93. The highest BCUT2D eigenvalue weighted by molar-refractivity contribution is 4.94. The van der Waals surface area contributed by atoms with E-state index >= 15 is 0 Å². The second-order valence-corrected chi connectivity index (χ2v) is 4.31. The molecule has 0 rings (SSSR count). The lowest BCUT2D eigenvalue weighted by Crippen LogP contribution is -2.45. The molecule has 2 unspecified atom stereocenters. The van der Waals surface area contributed by atoms with Gasteiger partial charge in [-0.1, -0.05) is 20.8 Å². The van der Waals surface area contributed by atoms with E-state index in [-0.39, 0.29) is 17.6 Å². The molecule has 0 aromatic rings. The van der Waals surface area contributed by atoms with Crippen molar-refractivity contribution in [3.05, 3.63) is 0 Å². The molecule has 0 aliphatic heterocycles. The van der Waals surface area contributed by atoms with E-state index in [1.807, 2.05) is 6.92 Å². The fraction of sp³-hybridized carbons (Fsp3) is 0.818. The van der Waals surface area contributed by atoms with Gasteiger partial charge in [0.1, 0.15) is 0 Å². The lowest BCUT2D eigenvalue weighted by molar-refractivity contribution is -0.0265. The van der Waals surface area contributed by atoms with Crippen LogP contribution in [0.4, 0.5) is 0 Å². The normalized spacial score (nSPS) is 16.3. The summed E-state index contributed by atoms with van der Waals surface area (Å²) in [5, 5.41) is 0. The Labute approximate surface area is 81.8 Å². The molecular formula is C11H21NO. The van der Waals surface area contributed by atoms with Crippen molar-refractivity contribution in [2.45, 2.75) is 46.3 Å². The summed E-state index contributed by atoms with van der Waals surface area (Å²) in [7, 11) is 0. The molecular weight excluding hydrogens is 162 g/mol. The van der Waals surface area contributed by atoms with Gasteiger partial charge in [-0.25, -0.2) is 0 Å². The standard InChI is InChI=1S/C11H21NO/c1-6-8-9(12)10(13-7-2)11(3,4)5/h1,9-10H,7-8,12H2,2-5H3. The van der Waals surface area contributed by atoms with Crippen molar-refractivity contribution in [2.24, 2.45) is 11.1 Å². The SMILES string of the molecule is C#CCC(N)C(OCC)C(C)(C)C. The number of terminal acetylenes is 1. The quantitative estimate of drug-likeness (QED) is 0.674. The van der Waals surface area contributed by atoms with Gasteiger partial charge < -0.3 is 10.5 Å². The number of nitrogens with two attached hydrogens (primary N) is 1. The van der Waals surface area contributed by atoms with Gasteiger partial charge in [-0.15, -0.1) is 12.3 Å². The van der Waals surface area contributed by atoms with Crippen LogP contribution in [0.2, 0.25) is 0 Å². The molecule has 0 aliphatic rings. The van der Waals surface area contributed by atoms with Crippen molar-refractivity contribution in [1.82, 2.24) is 0 Å². The lowest BCUT2D eigenvalue weighted by Gasteiger charge is -2.34. The smallest absolute Gasteiger partial charge is 0.0783 e. The minimum Gasteiger partial charge on any atom is -0.376 e. The van der Waals surface area contributed by atoms with Crippen molar-refractivity contribution >= 4 is 0 Å². The highest BCUT2D eigenvalue weighted by atomic mass is 16.5. The maximum atomic E-state index is 5.93. The molecule has 13 heavy (non-hydrogen) atoms. The van der Waals surface area contributed by atoms with Gasteiger partial charge in [0, 0.05) is 19.1 Å². The molecule has 0 aromatic carbocycles. The van der Waals surface area contributed by atoms with Crippen LogP contribution in [0.25, 0.3) is 0 Å². The first-order valence-electron chi connectivity index (χ1n) is 4.74. The first-order valence-corrected chi connectivity index (χ1v) is 4.74. The third kappa shape index (κ3) is 4.31. The molecule has 0 bridgehead atoms. The van der Waals surface area contributed by atoms with E-state index in [1.54, 1.807) is 0 Å². The van der Waals surface area contributed by atoms with E-state index in [2.05, 4.69) is 26.7 Å². The molecule has 0 fully saturated rings. The molecule has 0 amide bonds. The zero-order valence-corrected chi connectivity index (χ0v) is 9.13. The minimum atomic E-state index is -0.0649. The summed E-state index contributed by atoms with van der Waals surface area (Å²) < 4.78 is 5.60. The Morgan fingerprint density at radius 3 is 2.31 bits per heavy atom. The van der Waals surface area contributed by atoms with Crippen LogP contribution in [-0.2, 0) is 4.74 Å². The molecule has 0 aliphatic carbocycles. The topological polar surface area (TPSA) is 35.2 Å². The van der Waals surface area contributed by atoms with E-state index in [0.29, 0.717) is 13.0 Å². The van der Waals surface area contributed by atoms with Crippen LogP contribution in [0.1, 0.15) is 34.1 Å². The monoisotopic (exact) mass is 183 g/mol. The fourth-order valence-electron chi connectivity index (χ4n) is 1.44. The Hall–Kier alpha value is -0.520. The van der Waals surface area contributed by atoms with Crippen LogP contribution in [0.3, 0.4) is 0 Å². The summed E-state index contributed by atoms with van der Waals surface area (Å²) in [6, 6.07) is -0.0649. The Balaban J connectivity index is 4.34. The third-order valence-corrected chi connectivity index (χ3v) is 1.94. The molecule has 2 nitrogen and oxygen atoms in total. The number of rotatable bonds is 4. The van der Waals surface area contributed by atoms with Crippen molar-refractivity contribution in [1.29, 1.82) is 0 Å². The van der Waals surface area contributed by atoms with Gasteiger partial charge in [0.15, 0.2) is 0 Å². The van der Waals surface area contributed by atoms with Crippen LogP contribution in [0, 0.1) is 17.8 Å². The Morgan fingerprint density at radius 1 is 1.46 bits per heavy atom. The predicted octanol–water partition coefficient (Wildman–Crippen LogP) is 1.79. The number of hydrogen-bond donors (Lipinski definition) is 1. The highest BCUT2D eigenvalue weighted by Crippen LogP contribution is 2.25. The van der Waals surface area contributed by atoms with Crippen LogP contribution in [0.5, 0.6) is 0 Å². The Morgan fingerprint density at radius 2 is 2.00 bits per heavy atom. The van der Waals surface area contributed by atoms with Gasteiger partial charge in [0.2, 0.25) is 0 Å². The number of hydrogen-bond acceptors (Lipinski definition) is 2. The summed E-state index contributed by atoms with van der Waals surface area (Å²) in [5.41, 5.74) is 5.98. The summed E-state index contributed by atoms with van der Waals surface area (Å²) in [5.74, 6) is 2.57. The molecule has 0 aromatic heterocycles. The molecule has 0 radical (unpaired) electrons. The van der Waals surface area contributed by atoms with E-state index in [1.165, 1.54) is 0 Å². The molecule has 2 atom stereocenters. The Kier molecular flexibility index (Phi) is 5.05. The van der Waals surface area contributed by atoms with E-state index in [4.69, 9.17) is 16.9 Å². The van der Waals surface area contributed by atoms with E-state index in [0.717, 1.165) is 0 Å². The molecule has 76 valence electrons. The average Bonchev–Trinajstić information content (AvgIpc) is 1.98. The van der Waals surface area contributed by atoms with Gasteiger partial charge in [-0.3, -0.25) is 0 Å². The highest BCUT2D eigenvalue weighted by Gasteiger charge is 2.30. The third-order valence-electron chi connectivity index (χ3n) is 1.94. The summed E-state index contributed by atoms with van der Waals surface area (Å²) in [4.78, 5) is 0. The van der Waals surface area contributed by atoms with E-state index in [9.17, 15) is 0 Å². The van der Waals surface area contributed by atoms with Gasteiger partial charge in [0.25, 0.3) is 0 Å². The van der Waals surface area contributed by atoms with Crippen LogP contribution in [-0.4, -0.2) is 18.8 Å². The summed E-state index contributed by atoms with van der Waals surface area (Å²) in [6.45, 7) is 9.00. The summed E-state index contributed by atoms with van der Waals surface area (Å²) >= 11 is 0. The predicted molar refractivity (Wildman–Crippen MR) is 56.3 cm³/mol. The molecule has 0 spiro atoms. The zero-order valence-electron chi connectivity index (χ0n) is 9.13. The molecule has 0 saturated heterocycles. The lowest BCUT2D eigenvalue weighted by atomic mass is 9.84. The van der Waals surface area contributed by atoms with Crippen LogP contribution < -0.4 is 5.73 Å². The fourth-order valence-corrected chi connectivity index (χ4v) is 1.44. The van der Waals surface area contributed by atoms with Gasteiger partial charge in [-0.05, 0) is 12.3 Å². The van der Waals surface area contributed by atoms with Crippen molar-refractivity contribution < 1.29 is 4.74 Å². The second-order valence-electron chi connectivity index (χ2n) is 4.31. The van der Waals surface area contributed by atoms with Crippen molar-refractivity contribution in [2.75, 3.05) is 6.61 Å². The average molecular weight is 183 g/mol. The minimum absolute atomic E-state index is 0.0357.